The van der Waals surface area contributed by atoms with E-state index >= 15 is 0 Å². The molecule has 14 heavy (non-hydrogen) atoms. The zero-order valence-electron chi connectivity index (χ0n) is 9.42. The van der Waals surface area contributed by atoms with Gasteiger partial charge < -0.3 is 5.73 Å². The van der Waals surface area contributed by atoms with E-state index in [4.69, 9.17) is 5.73 Å². The first kappa shape index (κ1) is 10.0. The molecule has 2 nitrogen and oxygen atoms in total. The van der Waals surface area contributed by atoms with Crippen LogP contribution in [0.25, 0.3) is 0 Å². The summed E-state index contributed by atoms with van der Waals surface area (Å²) < 4.78 is 0. The Morgan fingerprint density at radius 1 is 1.14 bits per heavy atom. The summed E-state index contributed by atoms with van der Waals surface area (Å²) in [6.45, 7) is 4.72. The zero-order valence-corrected chi connectivity index (χ0v) is 9.42. The van der Waals surface area contributed by atoms with E-state index in [9.17, 15) is 0 Å². The smallest absolute Gasteiger partial charge is 0.0971 e. The Kier molecular flexibility index (Phi) is 2.54. The molecule has 0 spiro atoms. The van der Waals surface area contributed by atoms with Gasteiger partial charge in [-0.15, -0.1) is 0 Å². The molecule has 0 aromatic heterocycles. The van der Waals surface area contributed by atoms with Gasteiger partial charge in [0.2, 0.25) is 0 Å². The number of nitrogens with two attached hydrogens (primary N) is 1. The molecule has 0 radical (unpaired) electrons. The van der Waals surface area contributed by atoms with E-state index in [-0.39, 0.29) is 0 Å². The van der Waals surface area contributed by atoms with Crippen molar-refractivity contribution in [2.45, 2.75) is 58.4 Å². The van der Waals surface area contributed by atoms with Gasteiger partial charge in [-0.2, -0.15) is 0 Å². The molecule has 0 unspecified atom stereocenters. The number of rotatable bonds is 2. The van der Waals surface area contributed by atoms with Crippen LogP contribution in [0.1, 0.15) is 52.4 Å². The van der Waals surface area contributed by atoms with Gasteiger partial charge in [0, 0.05) is 5.92 Å². The second-order valence-electron chi connectivity index (χ2n) is 5.72. The number of aliphatic imine (C=N–C) groups is 1. The zero-order chi connectivity index (χ0) is 10.2. The van der Waals surface area contributed by atoms with Gasteiger partial charge in [-0.05, 0) is 43.9 Å². The summed E-state index contributed by atoms with van der Waals surface area (Å²) in [6.07, 6.45) is 7.62. The van der Waals surface area contributed by atoms with E-state index in [2.05, 4.69) is 18.8 Å². The minimum Gasteiger partial charge on any atom is -0.387 e. The van der Waals surface area contributed by atoms with Crippen LogP contribution >= 0.6 is 0 Å². The van der Waals surface area contributed by atoms with E-state index < -0.39 is 0 Å². The number of amidine groups is 1. The molecule has 80 valence electrons. The average molecular weight is 194 g/mol. The maximum absolute atomic E-state index is 6.03. The van der Waals surface area contributed by atoms with Crippen molar-refractivity contribution in [3.05, 3.63) is 0 Å². The lowest BCUT2D eigenvalue weighted by molar-refractivity contribution is 0.220. The van der Waals surface area contributed by atoms with Crippen molar-refractivity contribution in [2.24, 2.45) is 22.1 Å². The van der Waals surface area contributed by atoms with Gasteiger partial charge in [-0.1, -0.05) is 13.8 Å². The fourth-order valence-corrected chi connectivity index (χ4v) is 2.21. The van der Waals surface area contributed by atoms with E-state index in [1.54, 1.807) is 0 Å². The Morgan fingerprint density at radius 3 is 2.21 bits per heavy atom. The highest BCUT2D eigenvalue weighted by molar-refractivity contribution is 5.83. The minimum atomic E-state index is 0.538. The van der Waals surface area contributed by atoms with Crippen molar-refractivity contribution in [3.8, 4) is 0 Å². The summed E-state index contributed by atoms with van der Waals surface area (Å²) in [4.78, 5) is 4.55. The normalized spacial score (nSPS) is 29.1. The molecular formula is C12H22N2. The second-order valence-corrected chi connectivity index (χ2v) is 5.72. The molecule has 2 N–H and O–H groups in total. The van der Waals surface area contributed by atoms with Crippen molar-refractivity contribution in [2.75, 3.05) is 0 Å². The van der Waals surface area contributed by atoms with E-state index in [1.807, 2.05) is 0 Å². The lowest BCUT2D eigenvalue weighted by Gasteiger charge is -2.33. The largest absolute Gasteiger partial charge is 0.387 e. The highest BCUT2D eigenvalue weighted by Gasteiger charge is 2.29. The van der Waals surface area contributed by atoms with Crippen molar-refractivity contribution in [1.82, 2.24) is 0 Å². The van der Waals surface area contributed by atoms with Gasteiger partial charge in [0.1, 0.15) is 0 Å². The van der Waals surface area contributed by atoms with Crippen LogP contribution < -0.4 is 5.73 Å². The molecule has 0 bridgehead atoms. The SMILES string of the molecule is CC1(C)CCC(C(N)=NC2CC2)CC1. The molecule has 2 aliphatic rings. The summed E-state index contributed by atoms with van der Waals surface area (Å²) in [7, 11) is 0. The molecule has 0 amide bonds. The Balaban J connectivity index is 1.88. The van der Waals surface area contributed by atoms with Crippen molar-refractivity contribution in [1.29, 1.82) is 0 Å². The molecule has 0 aromatic rings. The maximum Gasteiger partial charge on any atom is 0.0971 e. The number of nitrogens with zero attached hydrogens (tertiary/aromatic N) is 1. The van der Waals surface area contributed by atoms with Crippen LogP contribution in [0.2, 0.25) is 0 Å². The number of hydrogen-bond acceptors (Lipinski definition) is 1. The molecule has 0 atom stereocenters. The van der Waals surface area contributed by atoms with E-state index in [1.165, 1.54) is 38.5 Å². The third kappa shape index (κ3) is 2.49. The highest BCUT2D eigenvalue weighted by Crippen LogP contribution is 2.38. The van der Waals surface area contributed by atoms with Crippen LogP contribution in [0.15, 0.2) is 4.99 Å². The molecule has 2 saturated carbocycles. The van der Waals surface area contributed by atoms with Gasteiger partial charge in [0.15, 0.2) is 0 Å². The molecular weight excluding hydrogens is 172 g/mol. The Labute approximate surface area is 87.0 Å². The summed E-state index contributed by atoms with van der Waals surface area (Å²) in [5.74, 6) is 1.53. The predicted molar refractivity (Wildman–Crippen MR) is 60.4 cm³/mol. The standard InChI is InChI=1S/C12H22N2/c1-12(2)7-5-9(6-8-12)11(13)14-10-3-4-10/h9-10H,3-8H2,1-2H3,(H2,13,14). The van der Waals surface area contributed by atoms with Crippen molar-refractivity contribution in [3.63, 3.8) is 0 Å². The van der Waals surface area contributed by atoms with Crippen LogP contribution in [-0.2, 0) is 0 Å². The van der Waals surface area contributed by atoms with Crippen molar-refractivity contribution >= 4 is 5.84 Å². The van der Waals surface area contributed by atoms with Gasteiger partial charge >= 0.3 is 0 Å². The average Bonchev–Trinajstić information content (AvgIpc) is 2.88. The van der Waals surface area contributed by atoms with Gasteiger partial charge in [-0.25, -0.2) is 0 Å². The minimum absolute atomic E-state index is 0.538. The van der Waals surface area contributed by atoms with E-state index in [0.717, 1.165) is 5.84 Å². The predicted octanol–water partition coefficient (Wildman–Crippen LogP) is 2.72. The fraction of sp³-hybridized carbons (Fsp3) is 0.917. The molecule has 0 aliphatic heterocycles. The first-order valence-electron chi connectivity index (χ1n) is 5.90. The fourth-order valence-electron chi connectivity index (χ4n) is 2.21. The third-order valence-corrected chi connectivity index (χ3v) is 3.64. The second kappa shape index (κ2) is 3.56. The molecule has 0 heterocycles. The van der Waals surface area contributed by atoms with Crippen LogP contribution in [0.3, 0.4) is 0 Å². The highest BCUT2D eigenvalue weighted by atomic mass is 14.9. The van der Waals surface area contributed by atoms with Crippen molar-refractivity contribution < 1.29 is 0 Å². The number of hydrogen-bond donors (Lipinski definition) is 1. The summed E-state index contributed by atoms with van der Waals surface area (Å²) in [6, 6.07) is 0.588. The first-order valence-corrected chi connectivity index (χ1v) is 5.90. The van der Waals surface area contributed by atoms with Gasteiger partial charge in [-0.3, -0.25) is 4.99 Å². The van der Waals surface area contributed by atoms with Gasteiger partial charge in [0.05, 0.1) is 11.9 Å². The molecule has 2 heteroatoms. The Hall–Kier alpha value is -0.530. The molecule has 2 rings (SSSR count). The van der Waals surface area contributed by atoms with Crippen LogP contribution in [0, 0.1) is 11.3 Å². The summed E-state index contributed by atoms with van der Waals surface area (Å²) in [5.41, 5.74) is 6.57. The van der Waals surface area contributed by atoms with Crippen LogP contribution in [0.5, 0.6) is 0 Å². The Bertz CT molecular complexity index is 229. The van der Waals surface area contributed by atoms with Crippen LogP contribution in [0.4, 0.5) is 0 Å². The quantitative estimate of drug-likeness (QED) is 0.532. The van der Waals surface area contributed by atoms with E-state index in [0.29, 0.717) is 17.4 Å². The third-order valence-electron chi connectivity index (χ3n) is 3.64. The molecule has 2 aliphatic carbocycles. The molecule has 0 aromatic carbocycles. The van der Waals surface area contributed by atoms with Gasteiger partial charge in [0.25, 0.3) is 0 Å². The van der Waals surface area contributed by atoms with Crippen LogP contribution in [-0.4, -0.2) is 11.9 Å². The topological polar surface area (TPSA) is 38.4 Å². The Morgan fingerprint density at radius 2 is 1.71 bits per heavy atom. The lowest BCUT2D eigenvalue weighted by atomic mass is 9.73. The molecule has 0 saturated heterocycles. The monoisotopic (exact) mass is 194 g/mol. The lowest BCUT2D eigenvalue weighted by Crippen LogP contribution is -2.31. The molecule has 2 fully saturated rings. The maximum atomic E-state index is 6.03. The summed E-state index contributed by atoms with van der Waals surface area (Å²) >= 11 is 0. The summed E-state index contributed by atoms with van der Waals surface area (Å²) in [5, 5.41) is 0. The first-order chi connectivity index (χ1) is 6.57.